The highest BCUT2D eigenvalue weighted by atomic mass is 32.1. The molecule has 0 radical (unpaired) electrons. The van der Waals surface area contributed by atoms with Crippen molar-refractivity contribution in [3.8, 4) is 11.4 Å². The number of aliphatic carboxylic acids is 3. The molecule has 426 valence electrons. The highest BCUT2D eigenvalue weighted by Crippen LogP contribution is 2.17. The number of carboxylic acid groups (broad SMARTS) is 3. The van der Waals surface area contributed by atoms with Crippen LogP contribution >= 0.6 is 12.2 Å². The molecule has 2 aromatic carbocycles. The number of amides is 2. The van der Waals surface area contributed by atoms with Crippen molar-refractivity contribution < 1.29 is 72.5 Å². The first-order valence-corrected chi connectivity index (χ1v) is 26.0. The highest BCUT2D eigenvalue weighted by Gasteiger charge is 2.30. The monoisotopic (exact) mass is 1100 g/mol. The first-order chi connectivity index (χ1) is 37.4. The first kappa shape index (κ1) is 63.6. The fraction of sp³-hybridized carbons (Fsp3) is 0.600. The summed E-state index contributed by atoms with van der Waals surface area (Å²) in [7, 11) is 0. The first-order valence-electron chi connectivity index (χ1n) is 25.6. The van der Waals surface area contributed by atoms with Crippen LogP contribution in [0, 0.1) is 0 Å². The number of anilines is 1. The summed E-state index contributed by atoms with van der Waals surface area (Å²) in [5, 5.41) is 65.7. The van der Waals surface area contributed by atoms with E-state index < -0.39 is 42.1 Å². The number of nitrogens with zero attached hydrogens (tertiary/aromatic N) is 4. The molecule has 27 heteroatoms. The smallest absolute Gasteiger partial charge is 0.304 e. The Morgan fingerprint density at radius 1 is 0.545 bits per heavy atom. The van der Waals surface area contributed by atoms with Gasteiger partial charge in [-0.3, -0.25) is 24.0 Å². The summed E-state index contributed by atoms with van der Waals surface area (Å²) in [5.74, 6) is -2.92. The number of aromatic nitrogens is 4. The maximum absolute atomic E-state index is 12.2. The molecule has 3 aromatic rings. The molecule has 1 saturated heterocycles. The van der Waals surface area contributed by atoms with Crippen LogP contribution in [0.1, 0.15) is 49.7 Å². The molecule has 1 fully saturated rings. The van der Waals surface area contributed by atoms with E-state index >= 15 is 0 Å². The number of thiocarbonyl (C=S) groups is 1. The molecule has 0 spiro atoms. The lowest BCUT2D eigenvalue weighted by Crippen LogP contribution is -2.54. The van der Waals surface area contributed by atoms with Crippen molar-refractivity contribution in [3.05, 3.63) is 66.0 Å². The van der Waals surface area contributed by atoms with Crippen molar-refractivity contribution in [2.45, 2.75) is 75.7 Å². The van der Waals surface area contributed by atoms with Gasteiger partial charge in [0.25, 0.3) is 0 Å². The van der Waals surface area contributed by atoms with Crippen LogP contribution in [-0.4, -0.2) is 213 Å². The van der Waals surface area contributed by atoms with Crippen molar-refractivity contribution in [2.75, 3.05) is 124 Å². The number of hydrogen-bond donors (Lipinski definition) is 10. The summed E-state index contributed by atoms with van der Waals surface area (Å²) in [5.41, 5.74) is 3.31. The van der Waals surface area contributed by atoms with Gasteiger partial charge in [0.2, 0.25) is 17.6 Å². The van der Waals surface area contributed by atoms with Crippen molar-refractivity contribution >= 4 is 52.7 Å². The third kappa shape index (κ3) is 30.5. The van der Waals surface area contributed by atoms with E-state index in [-0.39, 0.29) is 57.0 Å². The standard InChI is InChI=1S/C50H75N11O15S/c62-44(2-1-3-45(63)55-32-37-4-8-38(9-5-37)49-60-56-35-57-61-49)51-12-14-70-16-18-72-20-22-74-24-26-76-27-25-75-23-21-73-19-17-71-15-13-52-50(77)59-39-10-6-36(7-11-39)28-43-42(31-48(68)69)54-33-40(29-46(64)65)53-34-41(58-43)30-47(66)67/h4-11,35,40-43,53-54,58H,1-3,12-34H2,(H,51,62)(H,55,63)(H,64,65)(H,66,67)(H,68,69)(H2,52,59,77). The van der Waals surface area contributed by atoms with Crippen molar-refractivity contribution in [3.63, 3.8) is 0 Å². The van der Waals surface area contributed by atoms with Crippen LogP contribution in [0.4, 0.5) is 5.69 Å². The van der Waals surface area contributed by atoms with Crippen LogP contribution in [0.3, 0.4) is 0 Å². The van der Waals surface area contributed by atoms with E-state index in [9.17, 15) is 39.3 Å². The van der Waals surface area contributed by atoms with Crippen LogP contribution in [0.15, 0.2) is 54.9 Å². The summed E-state index contributed by atoms with van der Waals surface area (Å²) < 4.78 is 38.7. The number of benzene rings is 2. The van der Waals surface area contributed by atoms with Gasteiger partial charge in [0.05, 0.1) is 112 Å². The van der Waals surface area contributed by atoms with Gasteiger partial charge in [0.1, 0.15) is 0 Å². The summed E-state index contributed by atoms with van der Waals surface area (Å²) >= 11 is 5.43. The van der Waals surface area contributed by atoms with E-state index in [2.05, 4.69) is 57.6 Å². The van der Waals surface area contributed by atoms with E-state index in [0.29, 0.717) is 136 Å². The molecule has 2 heterocycles. The zero-order chi connectivity index (χ0) is 55.1. The Hall–Kier alpha value is -5.98. The Balaban J connectivity index is 0.876. The zero-order valence-electron chi connectivity index (χ0n) is 43.3. The topological polar surface area (TPSA) is 346 Å². The van der Waals surface area contributed by atoms with Gasteiger partial charge < -0.3 is 85.7 Å². The number of hydrogen-bond acceptors (Lipinski definition) is 20. The summed E-state index contributed by atoms with van der Waals surface area (Å²) in [6.07, 6.45) is 1.91. The van der Waals surface area contributed by atoms with Gasteiger partial charge in [0, 0.05) is 81.0 Å². The summed E-state index contributed by atoms with van der Waals surface area (Å²) in [6.45, 7) is 7.34. The van der Waals surface area contributed by atoms with E-state index in [1.54, 1.807) is 0 Å². The lowest BCUT2D eigenvalue weighted by atomic mass is 9.95. The Morgan fingerprint density at radius 3 is 1.55 bits per heavy atom. The minimum Gasteiger partial charge on any atom is -0.481 e. The van der Waals surface area contributed by atoms with Crippen LogP contribution in [-0.2, 0) is 70.1 Å². The molecule has 4 unspecified atom stereocenters. The van der Waals surface area contributed by atoms with Crippen molar-refractivity contribution in [1.29, 1.82) is 0 Å². The molecule has 4 atom stereocenters. The minimum absolute atomic E-state index is 0.130. The van der Waals surface area contributed by atoms with Gasteiger partial charge in [-0.05, 0) is 48.3 Å². The zero-order valence-corrected chi connectivity index (χ0v) is 44.1. The summed E-state index contributed by atoms with van der Waals surface area (Å²) in [6, 6.07) is 12.7. The molecular weight excluding hydrogens is 1030 g/mol. The van der Waals surface area contributed by atoms with Gasteiger partial charge in [-0.25, -0.2) is 0 Å². The SMILES string of the molecule is O=C(O)CC1CNC(CC(=O)O)C(Cc2ccc(NC(=S)NCCOCCOCCOCCOCCOCCOCCOCCNC(=O)CCCC(=O)NCc3ccc(-c4nncnn4)cc3)cc2)NC(CC(=O)O)CN1. The second kappa shape index (κ2) is 39.4. The predicted octanol–water partition coefficient (Wildman–Crippen LogP) is 0.163. The lowest BCUT2D eigenvalue weighted by molar-refractivity contribution is -0.139. The molecule has 0 aliphatic carbocycles. The Kier molecular flexibility index (Phi) is 32.5. The number of carboxylic acids is 3. The fourth-order valence-corrected chi connectivity index (χ4v) is 7.77. The molecule has 26 nitrogen and oxygen atoms in total. The number of carbonyl (C=O) groups excluding carboxylic acids is 2. The van der Waals surface area contributed by atoms with Gasteiger partial charge >= 0.3 is 17.9 Å². The summed E-state index contributed by atoms with van der Waals surface area (Å²) in [4.78, 5) is 59.1. The third-order valence-electron chi connectivity index (χ3n) is 11.4. The molecule has 4 rings (SSSR count). The number of ether oxygens (including phenoxy) is 7. The van der Waals surface area contributed by atoms with E-state index in [4.69, 9.17) is 45.4 Å². The van der Waals surface area contributed by atoms with Crippen LogP contribution < -0.4 is 37.2 Å². The average molecular weight is 1100 g/mol. The molecule has 2 amide bonds. The van der Waals surface area contributed by atoms with Gasteiger partial charge in [-0.1, -0.05) is 36.4 Å². The van der Waals surface area contributed by atoms with Gasteiger partial charge in [0.15, 0.2) is 11.4 Å². The van der Waals surface area contributed by atoms with Crippen molar-refractivity contribution in [1.82, 2.24) is 52.3 Å². The van der Waals surface area contributed by atoms with E-state index in [0.717, 1.165) is 22.4 Å². The average Bonchev–Trinajstić information content (AvgIpc) is 3.47. The van der Waals surface area contributed by atoms with Gasteiger partial charge in [-0.15, -0.1) is 20.4 Å². The van der Waals surface area contributed by atoms with Gasteiger partial charge in [-0.2, -0.15) is 0 Å². The molecule has 10 N–H and O–H groups in total. The fourth-order valence-electron chi connectivity index (χ4n) is 7.55. The largest absolute Gasteiger partial charge is 0.481 e. The quantitative estimate of drug-likeness (QED) is 0.0268. The molecule has 77 heavy (non-hydrogen) atoms. The predicted molar refractivity (Wildman–Crippen MR) is 283 cm³/mol. The van der Waals surface area contributed by atoms with Crippen LogP contribution in [0.5, 0.6) is 0 Å². The van der Waals surface area contributed by atoms with E-state index in [1.807, 2.05) is 48.5 Å². The molecule has 1 aliphatic heterocycles. The molecular formula is C50H75N11O15S. The number of carbonyl (C=O) groups is 5. The maximum Gasteiger partial charge on any atom is 0.304 e. The number of nitrogens with one attached hydrogen (secondary N) is 7. The molecule has 1 aromatic heterocycles. The Bertz CT molecular complexity index is 2160. The molecule has 1 aliphatic rings. The minimum atomic E-state index is -1.03. The Morgan fingerprint density at radius 2 is 1.01 bits per heavy atom. The highest BCUT2D eigenvalue weighted by molar-refractivity contribution is 7.80. The second-order valence-electron chi connectivity index (χ2n) is 17.5. The third-order valence-corrected chi connectivity index (χ3v) is 11.6. The van der Waals surface area contributed by atoms with Crippen molar-refractivity contribution in [2.24, 2.45) is 0 Å². The molecule has 0 saturated carbocycles. The number of rotatable bonds is 40. The maximum atomic E-state index is 12.2. The van der Waals surface area contributed by atoms with Crippen LogP contribution in [0.25, 0.3) is 11.4 Å². The van der Waals surface area contributed by atoms with Crippen LogP contribution in [0.2, 0.25) is 0 Å². The normalized spacial score (nSPS) is 16.6. The van der Waals surface area contributed by atoms with E-state index in [1.165, 1.54) is 6.33 Å². The second-order valence-corrected chi connectivity index (χ2v) is 17.9. The Labute approximate surface area is 453 Å². The lowest BCUT2D eigenvalue weighted by Gasteiger charge is -2.30. The molecule has 0 bridgehead atoms.